The Labute approximate surface area is 137 Å². The van der Waals surface area contributed by atoms with E-state index in [1.807, 2.05) is 13.0 Å². The van der Waals surface area contributed by atoms with Gasteiger partial charge in [0.25, 0.3) is 5.91 Å². The highest BCUT2D eigenvalue weighted by atomic mass is 32.1. The molecular weight excluding hydrogens is 312 g/mol. The summed E-state index contributed by atoms with van der Waals surface area (Å²) in [7, 11) is 0. The van der Waals surface area contributed by atoms with Crippen molar-refractivity contribution in [2.24, 2.45) is 0 Å². The zero-order valence-electron chi connectivity index (χ0n) is 13.1. The van der Waals surface area contributed by atoms with Crippen LogP contribution in [0.1, 0.15) is 42.1 Å². The normalized spacial score (nSPS) is 11.0. The van der Waals surface area contributed by atoms with Gasteiger partial charge in [0.2, 0.25) is 5.13 Å². The van der Waals surface area contributed by atoms with Crippen molar-refractivity contribution in [3.05, 3.63) is 28.8 Å². The van der Waals surface area contributed by atoms with Gasteiger partial charge in [-0.15, -0.1) is 15.3 Å². The topological polar surface area (TPSA) is 85.6 Å². The molecule has 0 aliphatic heterocycles. The number of benzene rings is 1. The van der Waals surface area contributed by atoms with Gasteiger partial charge >= 0.3 is 0 Å². The van der Waals surface area contributed by atoms with Crippen molar-refractivity contribution in [3.63, 3.8) is 0 Å². The first-order chi connectivity index (χ1) is 11.2. The molecule has 1 amide bonds. The number of aromatic nitrogens is 5. The average molecular weight is 330 g/mol. The maximum atomic E-state index is 12.3. The molecule has 0 fully saturated rings. The van der Waals surface area contributed by atoms with Gasteiger partial charge in [0, 0.05) is 18.5 Å². The number of fused-ring (bicyclic) bond motifs is 1. The van der Waals surface area contributed by atoms with Crippen LogP contribution in [0.25, 0.3) is 11.0 Å². The monoisotopic (exact) mass is 330 g/mol. The third-order valence-electron chi connectivity index (χ3n) is 3.51. The predicted molar refractivity (Wildman–Crippen MR) is 89.7 cm³/mol. The molecule has 7 nitrogen and oxygen atoms in total. The molecule has 1 N–H and O–H groups in total. The molecule has 0 bridgehead atoms. The number of anilines is 1. The Hall–Kier alpha value is -2.35. The minimum Gasteiger partial charge on any atom is -0.296 e. The Morgan fingerprint density at radius 2 is 2.13 bits per heavy atom. The Morgan fingerprint density at radius 1 is 1.26 bits per heavy atom. The number of carbonyl (C=O) groups excluding carboxylic acids is 1. The van der Waals surface area contributed by atoms with E-state index in [0.29, 0.717) is 16.2 Å². The first-order valence-electron chi connectivity index (χ1n) is 7.68. The van der Waals surface area contributed by atoms with Crippen molar-refractivity contribution in [1.29, 1.82) is 0 Å². The molecule has 0 saturated carbocycles. The van der Waals surface area contributed by atoms with Crippen molar-refractivity contribution in [3.8, 4) is 0 Å². The van der Waals surface area contributed by atoms with Crippen LogP contribution >= 0.6 is 11.3 Å². The maximum absolute atomic E-state index is 12.3. The third kappa shape index (κ3) is 3.37. The van der Waals surface area contributed by atoms with Gasteiger partial charge in [-0.25, -0.2) is 4.68 Å². The van der Waals surface area contributed by atoms with E-state index in [4.69, 9.17) is 0 Å². The number of carbonyl (C=O) groups is 1. The second-order valence-corrected chi connectivity index (χ2v) is 6.23. The van der Waals surface area contributed by atoms with Gasteiger partial charge in [0.05, 0.1) is 5.52 Å². The molecule has 0 atom stereocenters. The number of unbranched alkanes of at least 4 members (excludes halogenated alkanes) is 1. The van der Waals surface area contributed by atoms with E-state index in [1.54, 1.807) is 16.8 Å². The van der Waals surface area contributed by atoms with Gasteiger partial charge < -0.3 is 0 Å². The van der Waals surface area contributed by atoms with Crippen LogP contribution < -0.4 is 5.32 Å². The Balaban J connectivity index is 1.73. The number of amides is 1. The first-order valence-corrected chi connectivity index (χ1v) is 8.50. The largest absolute Gasteiger partial charge is 0.296 e. The van der Waals surface area contributed by atoms with Crippen LogP contribution in [-0.4, -0.2) is 31.1 Å². The Kier molecular flexibility index (Phi) is 4.61. The molecule has 2 heterocycles. The van der Waals surface area contributed by atoms with E-state index in [-0.39, 0.29) is 5.91 Å². The van der Waals surface area contributed by atoms with Crippen molar-refractivity contribution >= 4 is 33.4 Å². The summed E-state index contributed by atoms with van der Waals surface area (Å²) in [5.41, 5.74) is 2.16. The van der Waals surface area contributed by atoms with E-state index in [0.717, 1.165) is 36.3 Å². The van der Waals surface area contributed by atoms with E-state index >= 15 is 0 Å². The van der Waals surface area contributed by atoms with Crippen molar-refractivity contribution in [1.82, 2.24) is 25.2 Å². The minimum atomic E-state index is -0.212. The molecule has 3 aromatic rings. The fourth-order valence-electron chi connectivity index (χ4n) is 2.25. The lowest BCUT2D eigenvalue weighted by Crippen LogP contribution is -2.11. The van der Waals surface area contributed by atoms with Gasteiger partial charge in [-0.1, -0.05) is 29.9 Å². The van der Waals surface area contributed by atoms with Gasteiger partial charge in [-0.3, -0.25) is 10.1 Å². The van der Waals surface area contributed by atoms with Crippen LogP contribution in [0.15, 0.2) is 18.2 Å². The number of nitrogens with one attached hydrogen (secondary N) is 1. The average Bonchev–Trinajstić information content (AvgIpc) is 3.18. The number of nitrogens with zero attached hydrogens (tertiary/aromatic N) is 5. The zero-order chi connectivity index (χ0) is 16.2. The molecule has 0 spiro atoms. The molecule has 2 aromatic heterocycles. The highest BCUT2D eigenvalue weighted by Gasteiger charge is 2.12. The SMILES string of the molecule is CCCCc1nnc(NC(=O)c2ccc3c(c2)nnn3CC)s1. The fraction of sp³-hybridized carbons (Fsp3) is 0.400. The molecule has 0 radical (unpaired) electrons. The summed E-state index contributed by atoms with van der Waals surface area (Å²) < 4.78 is 1.79. The van der Waals surface area contributed by atoms with E-state index in [1.165, 1.54) is 11.3 Å². The van der Waals surface area contributed by atoms with Crippen LogP contribution in [0.5, 0.6) is 0 Å². The van der Waals surface area contributed by atoms with Crippen molar-refractivity contribution < 1.29 is 4.79 Å². The molecule has 0 saturated heterocycles. The van der Waals surface area contributed by atoms with Crippen LogP contribution in [0.2, 0.25) is 0 Å². The second kappa shape index (κ2) is 6.82. The quantitative estimate of drug-likeness (QED) is 0.751. The summed E-state index contributed by atoms with van der Waals surface area (Å²) >= 11 is 1.42. The van der Waals surface area contributed by atoms with Crippen LogP contribution in [0.4, 0.5) is 5.13 Å². The number of rotatable bonds is 6. The van der Waals surface area contributed by atoms with Gasteiger partial charge in [0.15, 0.2) is 0 Å². The molecule has 0 aliphatic rings. The standard InChI is InChI=1S/C15H18N6OS/c1-3-5-6-13-18-19-15(23-13)16-14(22)10-7-8-12-11(9-10)17-20-21(12)4-2/h7-9H,3-6H2,1-2H3,(H,16,19,22). The summed E-state index contributed by atoms with van der Waals surface area (Å²) in [5.74, 6) is -0.212. The molecular formula is C15H18N6OS. The third-order valence-corrected chi connectivity index (χ3v) is 4.41. The van der Waals surface area contributed by atoms with Gasteiger partial charge in [-0.05, 0) is 31.5 Å². The highest BCUT2D eigenvalue weighted by Crippen LogP contribution is 2.19. The predicted octanol–water partition coefficient (Wildman–Crippen LogP) is 2.90. The summed E-state index contributed by atoms with van der Waals surface area (Å²) in [6, 6.07) is 5.37. The van der Waals surface area contributed by atoms with Gasteiger partial charge in [-0.2, -0.15) is 0 Å². The first kappa shape index (κ1) is 15.5. The van der Waals surface area contributed by atoms with Crippen LogP contribution in [0.3, 0.4) is 0 Å². The van der Waals surface area contributed by atoms with Gasteiger partial charge in [0.1, 0.15) is 10.5 Å². The Morgan fingerprint density at radius 3 is 2.91 bits per heavy atom. The number of hydrogen-bond acceptors (Lipinski definition) is 6. The summed E-state index contributed by atoms with van der Waals surface area (Å²) in [4.78, 5) is 12.3. The molecule has 23 heavy (non-hydrogen) atoms. The summed E-state index contributed by atoms with van der Waals surface area (Å²) in [6.07, 6.45) is 3.09. The fourth-order valence-corrected chi connectivity index (χ4v) is 3.03. The second-order valence-electron chi connectivity index (χ2n) is 5.17. The minimum absolute atomic E-state index is 0.212. The molecule has 120 valence electrons. The molecule has 1 aromatic carbocycles. The van der Waals surface area contributed by atoms with Crippen molar-refractivity contribution in [2.45, 2.75) is 39.7 Å². The smallest absolute Gasteiger partial charge is 0.257 e. The number of hydrogen-bond donors (Lipinski definition) is 1. The summed E-state index contributed by atoms with van der Waals surface area (Å²) in [5, 5.41) is 20.5. The molecule has 3 rings (SSSR count). The van der Waals surface area contributed by atoms with E-state index in [2.05, 4.69) is 32.7 Å². The maximum Gasteiger partial charge on any atom is 0.257 e. The lowest BCUT2D eigenvalue weighted by atomic mass is 10.2. The lowest BCUT2D eigenvalue weighted by Gasteiger charge is -2.01. The number of aryl methyl sites for hydroxylation is 2. The summed E-state index contributed by atoms with van der Waals surface area (Å²) in [6.45, 7) is 4.88. The molecule has 0 unspecified atom stereocenters. The van der Waals surface area contributed by atoms with E-state index in [9.17, 15) is 4.79 Å². The highest BCUT2D eigenvalue weighted by molar-refractivity contribution is 7.15. The van der Waals surface area contributed by atoms with Crippen LogP contribution in [-0.2, 0) is 13.0 Å². The zero-order valence-corrected chi connectivity index (χ0v) is 13.9. The Bertz CT molecular complexity index is 824. The van der Waals surface area contributed by atoms with E-state index < -0.39 is 0 Å². The molecule has 8 heteroatoms. The molecule has 0 aliphatic carbocycles. The lowest BCUT2D eigenvalue weighted by molar-refractivity contribution is 0.102. The van der Waals surface area contributed by atoms with Crippen molar-refractivity contribution in [2.75, 3.05) is 5.32 Å². The van der Waals surface area contributed by atoms with Crippen LogP contribution in [0, 0.1) is 0 Å².